The van der Waals surface area contributed by atoms with E-state index in [0.717, 1.165) is 83.9 Å². The number of nitrogens with zero attached hydrogens (tertiary/aromatic N) is 4. The number of aromatic amines is 1. The first kappa shape index (κ1) is 23.1. The van der Waals surface area contributed by atoms with Gasteiger partial charge < -0.3 is 19.9 Å². The number of aryl methyl sites for hydroxylation is 1. The lowest BCUT2D eigenvalue weighted by Crippen LogP contribution is -2.37. The number of imidazole rings is 1. The van der Waals surface area contributed by atoms with Crippen molar-refractivity contribution in [1.82, 2.24) is 19.9 Å². The summed E-state index contributed by atoms with van der Waals surface area (Å²) in [4.78, 5) is 36.2. The van der Waals surface area contributed by atoms with E-state index >= 15 is 0 Å². The molecule has 2 aromatic heterocycles. The second-order valence-corrected chi connectivity index (χ2v) is 7.78. The van der Waals surface area contributed by atoms with Crippen molar-refractivity contribution in [3.05, 3.63) is 59.8 Å². The number of fused-ring (bicyclic) bond motifs is 1. The zero-order chi connectivity index (χ0) is 23.9. The molecule has 3 heterocycles. The smallest absolute Gasteiger partial charge is 0.373 e. The Kier molecular flexibility index (Phi) is 7.27. The van der Waals surface area contributed by atoms with E-state index in [2.05, 4.69) is 46.2 Å². The molecule has 2 aromatic carbocycles. The van der Waals surface area contributed by atoms with Crippen LogP contribution < -0.4 is 10.2 Å². The predicted molar refractivity (Wildman–Crippen MR) is 129 cm³/mol. The number of anilines is 3. The van der Waals surface area contributed by atoms with Crippen LogP contribution in [-0.4, -0.2) is 52.4 Å². The van der Waals surface area contributed by atoms with Crippen LogP contribution in [-0.2, 0) is 20.7 Å². The molecule has 1 fully saturated rings. The number of benzene rings is 2. The van der Waals surface area contributed by atoms with Crippen LogP contribution in [0.1, 0.15) is 18.2 Å². The molecule has 0 aliphatic carbocycles. The molecule has 1 aliphatic rings. The van der Waals surface area contributed by atoms with Gasteiger partial charge in [0.15, 0.2) is 5.82 Å². The fraction of sp³-hybridized carbons (Fsp3) is 0.280. The molecule has 9 nitrogen and oxygen atoms in total. The number of H-pyrrole nitrogens is 1. The SMILES string of the molecule is CCc1nc(-c2ccc(Nc3nc4ccccc4[nH]3)cc2)nc(N2CCOCC2)c1C.O=C=O. The number of hydrogen-bond acceptors (Lipinski definition) is 8. The average Bonchev–Trinajstić information content (AvgIpc) is 3.28. The highest BCUT2D eigenvalue weighted by Crippen LogP contribution is 2.27. The van der Waals surface area contributed by atoms with Crippen molar-refractivity contribution >= 4 is 34.6 Å². The molecule has 0 radical (unpaired) electrons. The third kappa shape index (κ3) is 5.11. The van der Waals surface area contributed by atoms with Gasteiger partial charge in [-0.2, -0.15) is 9.59 Å². The molecule has 34 heavy (non-hydrogen) atoms. The van der Waals surface area contributed by atoms with Gasteiger partial charge in [-0.15, -0.1) is 0 Å². The van der Waals surface area contributed by atoms with Crippen LogP contribution in [0, 0.1) is 6.92 Å². The number of aromatic nitrogens is 4. The van der Waals surface area contributed by atoms with Crippen molar-refractivity contribution in [2.45, 2.75) is 20.3 Å². The maximum atomic E-state index is 8.12. The zero-order valence-corrected chi connectivity index (χ0v) is 19.2. The van der Waals surface area contributed by atoms with Gasteiger partial charge in [0.2, 0.25) is 5.95 Å². The Bertz CT molecular complexity index is 1260. The Labute approximate surface area is 197 Å². The Balaban J connectivity index is 0.000000868. The molecule has 5 rings (SSSR count). The number of hydrogen-bond donors (Lipinski definition) is 2. The van der Waals surface area contributed by atoms with Gasteiger partial charge >= 0.3 is 6.15 Å². The molecule has 0 saturated carbocycles. The van der Waals surface area contributed by atoms with Crippen molar-refractivity contribution < 1.29 is 14.3 Å². The minimum atomic E-state index is 0.250. The lowest BCUT2D eigenvalue weighted by atomic mass is 10.1. The lowest BCUT2D eigenvalue weighted by Gasteiger charge is -2.29. The van der Waals surface area contributed by atoms with Crippen LogP contribution in [0.5, 0.6) is 0 Å². The van der Waals surface area contributed by atoms with Gasteiger partial charge in [0.05, 0.1) is 24.2 Å². The molecule has 0 amide bonds. The van der Waals surface area contributed by atoms with Crippen molar-refractivity contribution in [1.29, 1.82) is 0 Å². The first-order chi connectivity index (χ1) is 16.6. The second kappa shape index (κ2) is 10.7. The summed E-state index contributed by atoms with van der Waals surface area (Å²) in [5.41, 5.74) is 6.17. The quantitative estimate of drug-likeness (QED) is 0.463. The maximum absolute atomic E-state index is 8.12. The second-order valence-electron chi connectivity index (χ2n) is 7.78. The van der Waals surface area contributed by atoms with Crippen LogP contribution in [0.25, 0.3) is 22.4 Å². The standard InChI is InChI=1S/C24H26N6O.CO2/c1-3-19-16(2)23(30-12-14-31-15-13-30)29-22(26-19)17-8-10-18(11-9-17)25-24-27-20-6-4-5-7-21(20)28-24;2-1-3/h4-11H,3,12-15H2,1-2H3,(H2,25,27,28);. The summed E-state index contributed by atoms with van der Waals surface area (Å²) < 4.78 is 5.51. The average molecular weight is 459 g/mol. The number of para-hydroxylation sites is 2. The summed E-state index contributed by atoms with van der Waals surface area (Å²) in [6, 6.07) is 16.2. The first-order valence-electron chi connectivity index (χ1n) is 11.1. The lowest BCUT2D eigenvalue weighted by molar-refractivity contribution is -0.191. The highest BCUT2D eigenvalue weighted by atomic mass is 16.5. The molecule has 0 unspecified atom stereocenters. The molecule has 174 valence electrons. The molecular weight excluding hydrogens is 432 g/mol. The van der Waals surface area contributed by atoms with E-state index in [1.807, 2.05) is 36.4 Å². The van der Waals surface area contributed by atoms with Crippen LogP contribution in [0.3, 0.4) is 0 Å². The largest absolute Gasteiger partial charge is 0.378 e. The van der Waals surface area contributed by atoms with Gasteiger partial charge in [-0.3, -0.25) is 0 Å². The first-order valence-corrected chi connectivity index (χ1v) is 11.1. The van der Waals surface area contributed by atoms with E-state index in [1.165, 1.54) is 0 Å². The van der Waals surface area contributed by atoms with Crippen LogP contribution >= 0.6 is 0 Å². The highest BCUT2D eigenvalue weighted by molar-refractivity contribution is 5.78. The summed E-state index contributed by atoms with van der Waals surface area (Å²) in [6.45, 7) is 7.46. The van der Waals surface area contributed by atoms with Crippen molar-refractivity contribution in [3.8, 4) is 11.4 Å². The summed E-state index contributed by atoms with van der Waals surface area (Å²) in [5, 5.41) is 3.34. The van der Waals surface area contributed by atoms with E-state index < -0.39 is 0 Å². The van der Waals surface area contributed by atoms with E-state index in [4.69, 9.17) is 24.3 Å². The molecule has 1 saturated heterocycles. The summed E-state index contributed by atoms with van der Waals surface area (Å²) in [5.74, 6) is 2.51. The third-order valence-corrected chi connectivity index (χ3v) is 5.66. The van der Waals surface area contributed by atoms with Crippen molar-refractivity contribution in [2.75, 3.05) is 36.5 Å². The maximum Gasteiger partial charge on any atom is 0.373 e. The summed E-state index contributed by atoms with van der Waals surface area (Å²) >= 11 is 0. The summed E-state index contributed by atoms with van der Waals surface area (Å²) in [6.07, 6.45) is 1.13. The van der Waals surface area contributed by atoms with Gasteiger partial charge in [0.1, 0.15) is 5.82 Å². The zero-order valence-electron chi connectivity index (χ0n) is 19.2. The van der Waals surface area contributed by atoms with Crippen molar-refractivity contribution in [2.24, 2.45) is 0 Å². The van der Waals surface area contributed by atoms with Gasteiger partial charge in [-0.1, -0.05) is 19.1 Å². The summed E-state index contributed by atoms with van der Waals surface area (Å²) in [7, 11) is 0. The number of morpholine rings is 1. The molecular formula is C25H26N6O3. The monoisotopic (exact) mass is 458 g/mol. The Hall–Kier alpha value is -4.07. The van der Waals surface area contributed by atoms with Crippen LogP contribution in [0.15, 0.2) is 48.5 Å². The Morgan fingerprint density at radius 3 is 2.41 bits per heavy atom. The molecule has 0 bridgehead atoms. The fourth-order valence-electron chi connectivity index (χ4n) is 3.96. The van der Waals surface area contributed by atoms with Gasteiger partial charge in [0, 0.05) is 35.6 Å². The molecule has 0 spiro atoms. The topological polar surface area (TPSA) is 113 Å². The highest BCUT2D eigenvalue weighted by Gasteiger charge is 2.19. The number of ether oxygens (including phenoxy) is 1. The Morgan fingerprint density at radius 2 is 1.74 bits per heavy atom. The molecule has 0 atom stereocenters. The van der Waals surface area contributed by atoms with Gasteiger partial charge in [-0.05, 0) is 49.7 Å². The molecule has 4 aromatic rings. The van der Waals surface area contributed by atoms with Gasteiger partial charge in [-0.25, -0.2) is 15.0 Å². The minimum Gasteiger partial charge on any atom is -0.378 e. The predicted octanol–water partition coefficient (Wildman–Crippen LogP) is 3.89. The Morgan fingerprint density at radius 1 is 1.03 bits per heavy atom. The molecule has 1 aliphatic heterocycles. The van der Waals surface area contributed by atoms with Crippen LogP contribution in [0.4, 0.5) is 17.5 Å². The van der Waals surface area contributed by atoms with E-state index in [1.54, 1.807) is 0 Å². The third-order valence-electron chi connectivity index (χ3n) is 5.66. The molecule has 2 N–H and O–H groups in total. The van der Waals surface area contributed by atoms with Gasteiger partial charge in [0.25, 0.3) is 0 Å². The van der Waals surface area contributed by atoms with E-state index in [9.17, 15) is 0 Å². The molecule has 9 heteroatoms. The van der Waals surface area contributed by atoms with E-state index in [-0.39, 0.29) is 6.15 Å². The fourth-order valence-corrected chi connectivity index (χ4v) is 3.96. The number of carbonyl (C=O) groups excluding carboxylic acids is 2. The van der Waals surface area contributed by atoms with Crippen LogP contribution in [0.2, 0.25) is 0 Å². The normalized spacial score (nSPS) is 13.2. The number of nitrogens with one attached hydrogen (secondary N) is 2. The van der Waals surface area contributed by atoms with Crippen molar-refractivity contribution in [3.63, 3.8) is 0 Å². The minimum absolute atomic E-state index is 0.250. The van der Waals surface area contributed by atoms with E-state index in [0.29, 0.717) is 0 Å². The number of rotatable bonds is 5.